The predicted molar refractivity (Wildman–Crippen MR) is 63.7 cm³/mol. The zero-order valence-corrected chi connectivity index (χ0v) is 11.0. The van der Waals surface area contributed by atoms with Gasteiger partial charge in [-0.25, -0.2) is 0 Å². The molecule has 1 N–H and O–H groups in total. The smallest absolute Gasteiger partial charge is 0.308 e. The van der Waals surface area contributed by atoms with Gasteiger partial charge >= 0.3 is 5.97 Å². The molecule has 0 spiro atoms. The third-order valence-electron chi connectivity index (χ3n) is 2.79. The van der Waals surface area contributed by atoms with Crippen molar-refractivity contribution in [3.63, 3.8) is 0 Å². The van der Waals surface area contributed by atoms with Gasteiger partial charge in [-0.1, -0.05) is 0 Å². The number of esters is 1. The van der Waals surface area contributed by atoms with Gasteiger partial charge in [-0.3, -0.25) is 9.48 Å². The van der Waals surface area contributed by atoms with Gasteiger partial charge in [0.2, 0.25) is 0 Å². The molecule has 0 bridgehead atoms. The second kappa shape index (κ2) is 5.31. The average Bonchev–Trinajstić information content (AvgIpc) is 2.54. The Morgan fingerprint density at radius 3 is 2.47 bits per heavy atom. The molecule has 0 aliphatic heterocycles. The van der Waals surface area contributed by atoms with Crippen LogP contribution in [-0.2, 0) is 9.53 Å². The minimum atomic E-state index is -0.852. The second-order valence-electron chi connectivity index (χ2n) is 4.42. The first-order valence-corrected chi connectivity index (χ1v) is 5.69. The number of hydrogen-bond donors (Lipinski definition) is 1. The first kappa shape index (κ1) is 13.7. The minimum Gasteiger partial charge on any atom is -0.469 e. The van der Waals surface area contributed by atoms with Crippen molar-refractivity contribution < 1.29 is 14.6 Å². The number of ether oxygens (including phenoxy) is 1. The van der Waals surface area contributed by atoms with Crippen LogP contribution in [0.4, 0.5) is 0 Å². The van der Waals surface area contributed by atoms with Crippen molar-refractivity contribution in [2.24, 2.45) is 0 Å². The molecule has 0 amide bonds. The maximum Gasteiger partial charge on any atom is 0.308 e. The van der Waals surface area contributed by atoms with Gasteiger partial charge in [-0.05, 0) is 27.7 Å². The molecule has 17 heavy (non-hydrogen) atoms. The summed E-state index contributed by atoms with van der Waals surface area (Å²) < 4.78 is 6.40. The maximum atomic E-state index is 11.1. The van der Waals surface area contributed by atoms with Crippen LogP contribution in [0.25, 0.3) is 0 Å². The van der Waals surface area contributed by atoms with Crippen molar-refractivity contribution in [3.05, 3.63) is 17.0 Å². The van der Waals surface area contributed by atoms with E-state index in [0.29, 0.717) is 0 Å². The summed E-state index contributed by atoms with van der Waals surface area (Å²) in [5.41, 5.74) is 2.38. The molecular weight excluding hydrogens is 220 g/mol. The van der Waals surface area contributed by atoms with Gasteiger partial charge in [0.25, 0.3) is 0 Å². The van der Waals surface area contributed by atoms with Crippen LogP contribution in [0, 0.1) is 13.8 Å². The van der Waals surface area contributed by atoms with Crippen LogP contribution in [-0.4, -0.2) is 28.0 Å². The molecule has 1 aromatic heterocycles. The van der Waals surface area contributed by atoms with Gasteiger partial charge in [0, 0.05) is 17.3 Å². The van der Waals surface area contributed by atoms with Crippen LogP contribution in [0.1, 0.15) is 49.4 Å². The summed E-state index contributed by atoms with van der Waals surface area (Å²) in [6.07, 6.45) is -0.892. The van der Waals surface area contributed by atoms with Crippen molar-refractivity contribution in [1.29, 1.82) is 0 Å². The monoisotopic (exact) mass is 240 g/mol. The van der Waals surface area contributed by atoms with Gasteiger partial charge in [-0.2, -0.15) is 5.10 Å². The maximum absolute atomic E-state index is 11.1. The summed E-state index contributed by atoms with van der Waals surface area (Å²) in [5.74, 6) is -0.423. The van der Waals surface area contributed by atoms with Crippen LogP contribution in [0.15, 0.2) is 0 Å². The Kier molecular flexibility index (Phi) is 4.28. The molecular formula is C12H20N2O3. The molecule has 0 unspecified atom stereocenters. The Bertz CT molecular complexity index is 410. The molecule has 1 atom stereocenters. The van der Waals surface area contributed by atoms with Gasteiger partial charge in [0.15, 0.2) is 0 Å². The molecule has 1 rings (SSSR count). The second-order valence-corrected chi connectivity index (χ2v) is 4.42. The molecule has 0 aromatic carbocycles. The quantitative estimate of drug-likeness (QED) is 0.813. The topological polar surface area (TPSA) is 64.3 Å². The Labute approximate surface area is 101 Å². The zero-order chi connectivity index (χ0) is 13.2. The van der Waals surface area contributed by atoms with Gasteiger partial charge in [-0.15, -0.1) is 0 Å². The molecule has 0 radical (unpaired) electrons. The van der Waals surface area contributed by atoms with E-state index in [9.17, 15) is 9.90 Å². The van der Waals surface area contributed by atoms with E-state index in [-0.39, 0.29) is 12.5 Å². The molecule has 0 saturated heterocycles. The Morgan fingerprint density at radius 1 is 1.47 bits per heavy atom. The molecule has 1 heterocycles. The SMILES string of the molecule is COC(=O)C[C@@H](O)c1c(C)nn(C(C)C)c1C. The highest BCUT2D eigenvalue weighted by Crippen LogP contribution is 2.26. The highest BCUT2D eigenvalue weighted by atomic mass is 16.5. The summed E-state index contributed by atoms with van der Waals surface area (Å²) in [4.78, 5) is 11.1. The van der Waals surface area contributed by atoms with E-state index in [1.54, 1.807) is 0 Å². The lowest BCUT2D eigenvalue weighted by molar-refractivity contribution is -0.142. The standard InChI is InChI=1S/C12H20N2O3/c1-7(2)14-9(4)12(8(3)13-14)10(15)6-11(16)17-5/h7,10,15H,6H2,1-5H3/t10-/m1/s1. The number of aromatic nitrogens is 2. The number of nitrogens with zero attached hydrogens (tertiary/aromatic N) is 2. The van der Waals surface area contributed by atoms with Crippen LogP contribution in [0.5, 0.6) is 0 Å². The number of hydrogen-bond acceptors (Lipinski definition) is 4. The summed E-state index contributed by atoms with van der Waals surface area (Å²) in [6.45, 7) is 7.78. The highest BCUT2D eigenvalue weighted by molar-refractivity contribution is 5.70. The lowest BCUT2D eigenvalue weighted by Gasteiger charge is -2.12. The first-order valence-electron chi connectivity index (χ1n) is 5.69. The number of aliphatic hydroxyl groups excluding tert-OH is 1. The molecule has 0 aliphatic carbocycles. The van der Waals surface area contributed by atoms with Crippen molar-refractivity contribution in [2.75, 3.05) is 7.11 Å². The van der Waals surface area contributed by atoms with Gasteiger partial charge in [0.05, 0.1) is 25.3 Å². The van der Waals surface area contributed by atoms with E-state index in [1.807, 2.05) is 32.4 Å². The third-order valence-corrected chi connectivity index (χ3v) is 2.79. The van der Waals surface area contributed by atoms with Crippen LogP contribution >= 0.6 is 0 Å². The normalized spacial score (nSPS) is 12.9. The van der Waals surface area contributed by atoms with Crippen molar-refractivity contribution >= 4 is 5.97 Å². The van der Waals surface area contributed by atoms with E-state index in [1.165, 1.54) is 7.11 Å². The predicted octanol–water partition coefficient (Wildman–Crippen LogP) is 1.68. The molecule has 5 heteroatoms. The van der Waals surface area contributed by atoms with E-state index >= 15 is 0 Å². The number of aryl methyl sites for hydroxylation is 1. The van der Waals surface area contributed by atoms with Gasteiger partial charge in [0.1, 0.15) is 0 Å². The number of aliphatic hydroxyl groups is 1. The molecule has 1 aromatic rings. The largest absolute Gasteiger partial charge is 0.469 e. The molecule has 0 fully saturated rings. The molecule has 5 nitrogen and oxygen atoms in total. The van der Waals surface area contributed by atoms with Crippen molar-refractivity contribution in [3.8, 4) is 0 Å². The van der Waals surface area contributed by atoms with Crippen LogP contribution in [0.2, 0.25) is 0 Å². The van der Waals surface area contributed by atoms with E-state index < -0.39 is 12.1 Å². The number of methoxy groups -OCH3 is 1. The number of carbonyl (C=O) groups is 1. The van der Waals surface area contributed by atoms with Crippen molar-refractivity contribution in [1.82, 2.24) is 9.78 Å². The third kappa shape index (κ3) is 2.85. The van der Waals surface area contributed by atoms with Crippen LogP contribution in [0.3, 0.4) is 0 Å². The first-order chi connectivity index (χ1) is 7.88. The fourth-order valence-electron chi connectivity index (χ4n) is 2.00. The molecule has 96 valence electrons. The summed E-state index contributed by atoms with van der Waals surface area (Å²) >= 11 is 0. The fourth-order valence-corrected chi connectivity index (χ4v) is 2.00. The lowest BCUT2D eigenvalue weighted by atomic mass is 10.0. The number of rotatable bonds is 4. The summed E-state index contributed by atoms with van der Waals surface area (Å²) in [7, 11) is 1.31. The van der Waals surface area contributed by atoms with E-state index in [0.717, 1.165) is 17.0 Å². The summed E-state index contributed by atoms with van der Waals surface area (Å²) in [6, 6.07) is 0.229. The molecule has 0 saturated carbocycles. The molecule has 0 aliphatic rings. The Balaban J connectivity index is 3.01. The summed E-state index contributed by atoms with van der Waals surface area (Å²) in [5, 5.41) is 14.4. The Hall–Kier alpha value is -1.36. The highest BCUT2D eigenvalue weighted by Gasteiger charge is 2.22. The van der Waals surface area contributed by atoms with Crippen LogP contribution < -0.4 is 0 Å². The van der Waals surface area contributed by atoms with E-state index in [2.05, 4.69) is 9.84 Å². The lowest BCUT2D eigenvalue weighted by Crippen LogP contribution is -2.10. The Morgan fingerprint density at radius 2 is 2.06 bits per heavy atom. The zero-order valence-electron chi connectivity index (χ0n) is 11.0. The fraction of sp³-hybridized carbons (Fsp3) is 0.667. The van der Waals surface area contributed by atoms with Crippen molar-refractivity contribution in [2.45, 2.75) is 46.3 Å². The van der Waals surface area contributed by atoms with E-state index in [4.69, 9.17) is 0 Å². The number of carbonyl (C=O) groups excluding carboxylic acids is 1. The van der Waals surface area contributed by atoms with Gasteiger partial charge < -0.3 is 9.84 Å². The minimum absolute atomic E-state index is 0.0397. The average molecular weight is 240 g/mol.